The SMILES string of the molecule is COCCN(CC(=O)N1CC(=O)N(c2cccc(Cl)c2C)C1)C(=O)c1ccc(Cl)cc1. The van der Waals surface area contributed by atoms with Gasteiger partial charge in [-0.3, -0.25) is 19.3 Å². The van der Waals surface area contributed by atoms with Crippen LogP contribution in [0.15, 0.2) is 42.5 Å². The van der Waals surface area contributed by atoms with Gasteiger partial charge in [0.1, 0.15) is 19.8 Å². The summed E-state index contributed by atoms with van der Waals surface area (Å²) in [5, 5.41) is 1.07. The van der Waals surface area contributed by atoms with Crippen molar-refractivity contribution < 1.29 is 19.1 Å². The van der Waals surface area contributed by atoms with Crippen LogP contribution in [0.5, 0.6) is 0 Å². The lowest BCUT2D eigenvalue weighted by atomic mass is 10.2. The summed E-state index contributed by atoms with van der Waals surface area (Å²) in [5.74, 6) is -0.838. The number of anilines is 1. The maximum absolute atomic E-state index is 12.9. The molecule has 1 aliphatic heterocycles. The van der Waals surface area contributed by atoms with Gasteiger partial charge in [0.2, 0.25) is 11.8 Å². The minimum absolute atomic E-state index is 0.0575. The number of nitrogens with zero attached hydrogens (tertiary/aromatic N) is 3. The van der Waals surface area contributed by atoms with Crippen molar-refractivity contribution in [3.05, 3.63) is 63.6 Å². The molecule has 0 saturated carbocycles. The Labute approximate surface area is 191 Å². The number of hydrogen-bond acceptors (Lipinski definition) is 4. The average molecular weight is 464 g/mol. The second-order valence-corrected chi connectivity index (χ2v) is 8.01. The van der Waals surface area contributed by atoms with Gasteiger partial charge in [-0.15, -0.1) is 0 Å². The van der Waals surface area contributed by atoms with Gasteiger partial charge in [0.05, 0.1) is 6.61 Å². The summed E-state index contributed by atoms with van der Waals surface area (Å²) in [6, 6.07) is 11.8. The topological polar surface area (TPSA) is 70.2 Å². The highest BCUT2D eigenvalue weighted by molar-refractivity contribution is 6.32. The molecule has 2 aromatic carbocycles. The van der Waals surface area contributed by atoms with Gasteiger partial charge in [-0.2, -0.15) is 0 Å². The highest BCUT2D eigenvalue weighted by Gasteiger charge is 2.33. The van der Waals surface area contributed by atoms with Crippen LogP contribution in [0.25, 0.3) is 0 Å². The fraction of sp³-hybridized carbons (Fsp3) is 0.318. The number of halogens is 2. The van der Waals surface area contributed by atoms with Crippen molar-refractivity contribution >= 4 is 46.6 Å². The van der Waals surface area contributed by atoms with Crippen LogP contribution in [-0.4, -0.2) is 67.5 Å². The zero-order chi connectivity index (χ0) is 22.5. The molecule has 164 valence electrons. The maximum atomic E-state index is 12.9. The third-order valence-electron chi connectivity index (χ3n) is 5.09. The average Bonchev–Trinajstić information content (AvgIpc) is 3.14. The Kier molecular flexibility index (Phi) is 7.54. The first-order valence-corrected chi connectivity index (χ1v) is 10.4. The van der Waals surface area contributed by atoms with Crippen LogP contribution < -0.4 is 4.90 Å². The largest absolute Gasteiger partial charge is 0.383 e. The van der Waals surface area contributed by atoms with Gasteiger partial charge >= 0.3 is 0 Å². The first kappa shape index (κ1) is 23.1. The Bertz CT molecular complexity index is 981. The summed E-state index contributed by atoms with van der Waals surface area (Å²) in [4.78, 5) is 42.8. The monoisotopic (exact) mass is 463 g/mol. The van der Waals surface area contributed by atoms with Crippen LogP contribution in [-0.2, 0) is 14.3 Å². The Morgan fingerprint density at radius 3 is 2.52 bits per heavy atom. The first-order chi connectivity index (χ1) is 14.8. The molecular formula is C22H23Cl2N3O4. The van der Waals surface area contributed by atoms with E-state index in [2.05, 4.69) is 0 Å². The molecule has 3 rings (SSSR count). The molecule has 0 spiro atoms. The Balaban J connectivity index is 1.72. The minimum atomic E-state index is -0.325. The molecule has 1 fully saturated rings. The van der Waals surface area contributed by atoms with E-state index in [9.17, 15) is 14.4 Å². The highest BCUT2D eigenvalue weighted by atomic mass is 35.5. The predicted molar refractivity (Wildman–Crippen MR) is 119 cm³/mol. The van der Waals surface area contributed by atoms with E-state index in [1.54, 1.807) is 42.5 Å². The lowest BCUT2D eigenvalue weighted by Crippen LogP contribution is -2.44. The highest BCUT2D eigenvalue weighted by Crippen LogP contribution is 2.28. The summed E-state index contributed by atoms with van der Waals surface area (Å²) in [7, 11) is 1.52. The van der Waals surface area contributed by atoms with E-state index in [1.807, 2.05) is 6.92 Å². The van der Waals surface area contributed by atoms with Gasteiger partial charge in [-0.05, 0) is 48.9 Å². The Morgan fingerprint density at radius 1 is 1.13 bits per heavy atom. The van der Waals surface area contributed by atoms with Crippen molar-refractivity contribution in [2.75, 3.05) is 44.9 Å². The van der Waals surface area contributed by atoms with Crippen molar-refractivity contribution in [2.45, 2.75) is 6.92 Å². The van der Waals surface area contributed by atoms with Crippen molar-refractivity contribution in [2.24, 2.45) is 0 Å². The molecule has 9 heteroatoms. The fourth-order valence-electron chi connectivity index (χ4n) is 3.31. The van der Waals surface area contributed by atoms with Crippen LogP contribution in [0.3, 0.4) is 0 Å². The number of amides is 3. The van der Waals surface area contributed by atoms with E-state index in [1.165, 1.54) is 21.8 Å². The van der Waals surface area contributed by atoms with Crippen LogP contribution in [0.4, 0.5) is 5.69 Å². The smallest absolute Gasteiger partial charge is 0.254 e. The van der Waals surface area contributed by atoms with Gasteiger partial charge in [0.25, 0.3) is 5.91 Å². The molecule has 0 atom stereocenters. The standard InChI is InChI=1S/C22H23Cl2N3O4/c1-15-18(24)4-3-5-19(15)27-14-26(13-21(27)29)20(28)12-25(10-11-31-2)22(30)16-6-8-17(23)9-7-16/h3-9H,10-14H2,1-2H3. The minimum Gasteiger partial charge on any atom is -0.383 e. The number of benzene rings is 2. The first-order valence-electron chi connectivity index (χ1n) is 9.69. The summed E-state index contributed by atoms with van der Waals surface area (Å²) < 4.78 is 5.09. The molecule has 0 unspecified atom stereocenters. The van der Waals surface area contributed by atoms with Crippen molar-refractivity contribution in [3.63, 3.8) is 0 Å². The van der Waals surface area contributed by atoms with Gasteiger partial charge in [0, 0.05) is 35.0 Å². The molecule has 2 aromatic rings. The van der Waals surface area contributed by atoms with Gasteiger partial charge in [0.15, 0.2) is 0 Å². The molecular weight excluding hydrogens is 441 g/mol. The van der Waals surface area contributed by atoms with Gasteiger partial charge < -0.3 is 14.5 Å². The maximum Gasteiger partial charge on any atom is 0.254 e. The number of ether oxygens (including phenoxy) is 1. The molecule has 7 nitrogen and oxygen atoms in total. The van der Waals surface area contributed by atoms with Gasteiger partial charge in [-0.25, -0.2) is 0 Å². The number of methoxy groups -OCH3 is 1. The number of carbonyl (C=O) groups is 3. The molecule has 1 aliphatic rings. The van der Waals surface area contributed by atoms with E-state index >= 15 is 0 Å². The van der Waals surface area contributed by atoms with E-state index < -0.39 is 0 Å². The third kappa shape index (κ3) is 5.36. The third-order valence-corrected chi connectivity index (χ3v) is 5.75. The Hall–Kier alpha value is -2.61. The van der Waals surface area contributed by atoms with Crippen LogP contribution in [0.1, 0.15) is 15.9 Å². The van der Waals surface area contributed by atoms with Crippen LogP contribution >= 0.6 is 23.2 Å². The lowest BCUT2D eigenvalue weighted by Gasteiger charge is -2.25. The molecule has 1 heterocycles. The number of hydrogen-bond donors (Lipinski definition) is 0. The molecule has 0 radical (unpaired) electrons. The zero-order valence-electron chi connectivity index (χ0n) is 17.3. The quantitative estimate of drug-likeness (QED) is 0.631. The van der Waals surface area contributed by atoms with E-state index in [4.69, 9.17) is 27.9 Å². The summed E-state index contributed by atoms with van der Waals surface area (Å²) in [6.07, 6.45) is 0. The van der Waals surface area contributed by atoms with Crippen LogP contribution in [0, 0.1) is 6.92 Å². The van der Waals surface area contributed by atoms with Crippen molar-refractivity contribution in [1.82, 2.24) is 9.80 Å². The summed E-state index contributed by atoms with van der Waals surface area (Å²) >= 11 is 12.1. The summed E-state index contributed by atoms with van der Waals surface area (Å²) in [5.41, 5.74) is 1.86. The number of carbonyl (C=O) groups excluding carboxylic acids is 3. The normalized spacial score (nSPS) is 13.6. The van der Waals surface area contributed by atoms with Crippen LogP contribution in [0.2, 0.25) is 10.0 Å². The molecule has 3 amide bonds. The van der Waals surface area contributed by atoms with E-state index in [0.29, 0.717) is 21.3 Å². The lowest BCUT2D eigenvalue weighted by molar-refractivity contribution is -0.132. The van der Waals surface area contributed by atoms with Crippen molar-refractivity contribution in [3.8, 4) is 0 Å². The summed E-state index contributed by atoms with van der Waals surface area (Å²) in [6.45, 7) is 2.22. The molecule has 0 aromatic heterocycles. The fourth-order valence-corrected chi connectivity index (χ4v) is 3.60. The van der Waals surface area contributed by atoms with E-state index in [0.717, 1.165) is 5.56 Å². The molecule has 0 bridgehead atoms. The molecule has 0 aliphatic carbocycles. The predicted octanol–water partition coefficient (Wildman–Crippen LogP) is 3.22. The number of rotatable bonds is 7. The molecule has 0 N–H and O–H groups in total. The molecule has 1 saturated heterocycles. The van der Waals surface area contributed by atoms with Crippen molar-refractivity contribution in [1.29, 1.82) is 0 Å². The second kappa shape index (κ2) is 10.1. The van der Waals surface area contributed by atoms with E-state index in [-0.39, 0.29) is 50.6 Å². The molecule has 31 heavy (non-hydrogen) atoms. The Morgan fingerprint density at radius 2 is 1.84 bits per heavy atom. The zero-order valence-corrected chi connectivity index (χ0v) is 18.8. The second-order valence-electron chi connectivity index (χ2n) is 7.17. The van der Waals surface area contributed by atoms with Gasteiger partial charge in [-0.1, -0.05) is 29.3 Å².